The van der Waals surface area contributed by atoms with Crippen LogP contribution in [0.2, 0.25) is 0 Å². The van der Waals surface area contributed by atoms with Gasteiger partial charge in [-0.1, -0.05) is 13.0 Å². The van der Waals surface area contributed by atoms with Crippen LogP contribution in [0.3, 0.4) is 0 Å². The van der Waals surface area contributed by atoms with E-state index in [1.807, 2.05) is 30.5 Å². The highest BCUT2D eigenvalue weighted by Gasteiger charge is 2.45. The third-order valence-corrected chi connectivity index (χ3v) is 10.3. The summed E-state index contributed by atoms with van der Waals surface area (Å²) >= 11 is 0. The standard InChI is InChI=1S/C36H41FN6O3/c1-3-25-27(37)8-7-23-17-24(44)18-26(31(23)25)30-19-28-32(29-9-13-38-43(29)30)33(42-16-6-10-35(2,45)20-42)40-34(39-28)46-22-36(11-12-36)21-41-14-4-5-15-41/h7-9,13,17-19,44-45H,3-6,10-12,14-16,20-22H2,1-2H3/t35-/m1/s1. The molecule has 1 aliphatic carbocycles. The lowest BCUT2D eigenvalue weighted by atomic mass is 9.94. The minimum absolute atomic E-state index is 0.0900. The van der Waals surface area contributed by atoms with Gasteiger partial charge in [0.1, 0.15) is 17.4 Å². The van der Waals surface area contributed by atoms with Crippen LogP contribution in [-0.2, 0) is 6.42 Å². The summed E-state index contributed by atoms with van der Waals surface area (Å²) in [5, 5.41) is 28.9. The van der Waals surface area contributed by atoms with Crippen LogP contribution in [0.1, 0.15) is 57.9 Å². The fraction of sp³-hybridized carbons (Fsp3) is 0.472. The normalized spacial score (nSPS) is 21.5. The van der Waals surface area contributed by atoms with Crippen molar-refractivity contribution < 1.29 is 19.3 Å². The van der Waals surface area contributed by atoms with Crippen LogP contribution in [-0.4, -0.2) is 79.6 Å². The Labute approximate surface area is 267 Å². The van der Waals surface area contributed by atoms with Crippen molar-refractivity contribution in [3.8, 4) is 23.0 Å². The number of hydrogen-bond acceptors (Lipinski definition) is 8. The van der Waals surface area contributed by atoms with Crippen molar-refractivity contribution in [1.82, 2.24) is 24.5 Å². The molecule has 2 saturated heterocycles. The number of phenols is 1. The first kappa shape index (κ1) is 29.4. The molecule has 3 fully saturated rings. The number of rotatable bonds is 8. The zero-order chi connectivity index (χ0) is 31.6. The second-order valence-corrected chi connectivity index (χ2v) is 14.0. The molecular weight excluding hydrogens is 583 g/mol. The van der Waals surface area contributed by atoms with E-state index in [1.54, 1.807) is 24.4 Å². The first-order chi connectivity index (χ1) is 22.2. The number of nitrogens with zero attached hydrogens (tertiary/aromatic N) is 6. The molecule has 5 aromatic rings. The topological polar surface area (TPSA) is 99.3 Å². The Bertz CT molecular complexity index is 1960. The van der Waals surface area contributed by atoms with Crippen LogP contribution in [0.5, 0.6) is 11.8 Å². The molecule has 240 valence electrons. The minimum Gasteiger partial charge on any atom is -0.508 e. The van der Waals surface area contributed by atoms with Gasteiger partial charge >= 0.3 is 6.01 Å². The first-order valence-electron chi connectivity index (χ1n) is 16.7. The van der Waals surface area contributed by atoms with Crippen LogP contribution in [0.15, 0.2) is 42.6 Å². The second kappa shape index (κ2) is 11.1. The van der Waals surface area contributed by atoms with Crippen LogP contribution in [0, 0.1) is 11.2 Å². The van der Waals surface area contributed by atoms with Crippen molar-refractivity contribution in [2.75, 3.05) is 44.2 Å². The third kappa shape index (κ3) is 5.21. The van der Waals surface area contributed by atoms with Crippen molar-refractivity contribution >= 4 is 33.0 Å². The van der Waals surface area contributed by atoms with E-state index in [0.29, 0.717) is 53.7 Å². The van der Waals surface area contributed by atoms with E-state index in [4.69, 9.17) is 19.8 Å². The fourth-order valence-electron chi connectivity index (χ4n) is 7.76. The maximum atomic E-state index is 15.2. The molecule has 5 heterocycles. The summed E-state index contributed by atoms with van der Waals surface area (Å²) in [7, 11) is 0. The molecule has 8 rings (SSSR count). The highest BCUT2D eigenvalue weighted by molar-refractivity contribution is 6.06. The molecule has 1 saturated carbocycles. The number of pyridine rings is 1. The highest BCUT2D eigenvalue weighted by Crippen LogP contribution is 2.47. The Morgan fingerprint density at radius 3 is 2.57 bits per heavy atom. The van der Waals surface area contributed by atoms with Crippen LogP contribution < -0.4 is 9.64 Å². The van der Waals surface area contributed by atoms with Gasteiger partial charge in [0, 0.05) is 30.6 Å². The third-order valence-electron chi connectivity index (χ3n) is 10.3. The smallest absolute Gasteiger partial charge is 0.318 e. The number of benzene rings is 2. The fourth-order valence-corrected chi connectivity index (χ4v) is 7.76. The zero-order valence-electron chi connectivity index (χ0n) is 26.6. The maximum Gasteiger partial charge on any atom is 0.318 e. The van der Waals surface area contributed by atoms with Gasteiger partial charge in [-0.2, -0.15) is 15.1 Å². The number of phenolic OH excluding ortho intramolecular Hbond substituents is 1. The molecule has 9 nitrogen and oxygen atoms in total. The molecule has 2 N–H and O–H groups in total. The van der Waals surface area contributed by atoms with Crippen LogP contribution >= 0.6 is 0 Å². The summed E-state index contributed by atoms with van der Waals surface area (Å²) in [6, 6.07) is 10.7. The number of fused-ring (bicyclic) bond motifs is 4. The molecule has 2 aromatic carbocycles. The van der Waals surface area contributed by atoms with Crippen LogP contribution in [0.4, 0.5) is 10.2 Å². The molecule has 3 aromatic heterocycles. The number of aliphatic hydroxyl groups is 1. The number of aryl methyl sites for hydroxylation is 1. The number of halogens is 1. The maximum absolute atomic E-state index is 15.2. The second-order valence-electron chi connectivity index (χ2n) is 14.0. The highest BCUT2D eigenvalue weighted by atomic mass is 19.1. The van der Waals surface area contributed by atoms with Gasteiger partial charge in [-0.25, -0.2) is 8.91 Å². The summed E-state index contributed by atoms with van der Waals surface area (Å²) in [6.45, 7) is 8.92. The lowest BCUT2D eigenvalue weighted by Gasteiger charge is -2.38. The molecule has 0 bridgehead atoms. The number of ether oxygens (including phenoxy) is 1. The quantitative estimate of drug-likeness (QED) is 0.213. The first-order valence-corrected chi connectivity index (χ1v) is 16.7. The molecule has 0 spiro atoms. The van der Waals surface area contributed by atoms with E-state index in [9.17, 15) is 10.2 Å². The van der Waals surface area contributed by atoms with Gasteiger partial charge in [0.15, 0.2) is 0 Å². The molecule has 0 unspecified atom stereocenters. The number of aromatic nitrogens is 4. The van der Waals surface area contributed by atoms with Crippen molar-refractivity contribution in [2.45, 2.75) is 64.4 Å². The summed E-state index contributed by atoms with van der Waals surface area (Å²) in [5.41, 5.74) is 2.70. The molecular formula is C36H41FN6O3. The molecule has 10 heteroatoms. The number of hydrogen-bond donors (Lipinski definition) is 2. The Balaban J connectivity index is 1.30. The number of piperidine rings is 1. The lowest BCUT2D eigenvalue weighted by molar-refractivity contribution is 0.0447. The van der Waals surface area contributed by atoms with Gasteiger partial charge in [0.2, 0.25) is 0 Å². The number of likely N-dealkylation sites (tertiary alicyclic amines) is 1. The van der Waals surface area contributed by atoms with E-state index in [2.05, 4.69) is 9.80 Å². The molecule has 0 radical (unpaired) electrons. The van der Waals surface area contributed by atoms with Gasteiger partial charge in [-0.05, 0) is 112 Å². The van der Waals surface area contributed by atoms with Gasteiger partial charge in [0.25, 0.3) is 0 Å². The van der Waals surface area contributed by atoms with Gasteiger partial charge in [-0.15, -0.1) is 0 Å². The monoisotopic (exact) mass is 624 g/mol. The van der Waals surface area contributed by atoms with E-state index >= 15 is 4.39 Å². The summed E-state index contributed by atoms with van der Waals surface area (Å²) in [5.74, 6) is 0.523. The lowest BCUT2D eigenvalue weighted by Crippen LogP contribution is -2.46. The Morgan fingerprint density at radius 2 is 1.80 bits per heavy atom. The number of aromatic hydroxyl groups is 1. The minimum atomic E-state index is -0.845. The SMILES string of the molecule is CCc1c(F)ccc2cc(O)cc(-c3cc4nc(OCC5(CN6CCCC6)CC5)nc(N5CCC[C@@](C)(O)C5)c4c4ccnn34)c12. The molecule has 3 aliphatic rings. The zero-order valence-corrected chi connectivity index (χ0v) is 26.6. The molecule has 46 heavy (non-hydrogen) atoms. The number of β-amino-alcohol motifs (C(OH)–C–C–N with tert-alkyl or cyclic N) is 1. The van der Waals surface area contributed by atoms with Crippen molar-refractivity contribution in [3.05, 3.63) is 54.0 Å². The van der Waals surface area contributed by atoms with Gasteiger partial charge in [0.05, 0.1) is 40.5 Å². The predicted octanol–water partition coefficient (Wildman–Crippen LogP) is 6.11. The van der Waals surface area contributed by atoms with E-state index in [1.165, 1.54) is 18.9 Å². The average Bonchev–Trinajstić information content (AvgIpc) is 3.36. The van der Waals surface area contributed by atoms with E-state index < -0.39 is 5.60 Å². The molecule has 2 aliphatic heterocycles. The summed E-state index contributed by atoms with van der Waals surface area (Å²) in [4.78, 5) is 14.7. The Hall–Kier alpha value is -4.02. The van der Waals surface area contributed by atoms with Crippen molar-refractivity contribution in [1.29, 1.82) is 0 Å². The van der Waals surface area contributed by atoms with Crippen molar-refractivity contribution in [2.24, 2.45) is 5.41 Å². The van der Waals surface area contributed by atoms with Crippen LogP contribution in [0.25, 0.3) is 38.4 Å². The van der Waals surface area contributed by atoms with Crippen molar-refractivity contribution in [3.63, 3.8) is 0 Å². The van der Waals surface area contributed by atoms with Gasteiger partial charge in [-0.3, -0.25) is 0 Å². The average molecular weight is 625 g/mol. The predicted molar refractivity (Wildman–Crippen MR) is 177 cm³/mol. The Morgan fingerprint density at radius 1 is 0.978 bits per heavy atom. The number of anilines is 1. The summed E-state index contributed by atoms with van der Waals surface area (Å²) in [6.07, 6.45) is 8.60. The molecule has 0 amide bonds. The van der Waals surface area contributed by atoms with E-state index in [-0.39, 0.29) is 17.0 Å². The molecule has 1 atom stereocenters. The summed E-state index contributed by atoms with van der Waals surface area (Å²) < 4.78 is 23.5. The largest absolute Gasteiger partial charge is 0.508 e. The van der Waals surface area contributed by atoms with Gasteiger partial charge < -0.3 is 24.7 Å². The van der Waals surface area contributed by atoms with E-state index in [0.717, 1.165) is 73.5 Å². The Kier molecular flexibility index (Phi) is 7.06.